The van der Waals surface area contributed by atoms with Crippen molar-refractivity contribution < 1.29 is 24.6 Å². The van der Waals surface area contributed by atoms with Gasteiger partial charge in [0.15, 0.2) is 0 Å². The first kappa shape index (κ1) is 17.6. The molecule has 0 aromatic heterocycles. The molecule has 0 saturated carbocycles. The van der Waals surface area contributed by atoms with Crippen LogP contribution in [0, 0.1) is 11.8 Å². The maximum Gasteiger partial charge on any atom is 0.307 e. The van der Waals surface area contributed by atoms with E-state index in [1.165, 1.54) is 12.1 Å². The molecular weight excluding hydrogens is 284 g/mol. The Bertz CT molecular complexity index is 545. The summed E-state index contributed by atoms with van der Waals surface area (Å²) in [4.78, 5) is 33.4. The van der Waals surface area contributed by atoms with Gasteiger partial charge < -0.3 is 15.0 Å². The minimum atomic E-state index is -1.02. The fourth-order valence-corrected chi connectivity index (χ4v) is 2.49. The van der Waals surface area contributed by atoms with Crippen molar-refractivity contribution in [3.8, 4) is 5.75 Å². The van der Waals surface area contributed by atoms with Gasteiger partial charge in [0.25, 0.3) is 0 Å². The second kappa shape index (κ2) is 8.77. The van der Waals surface area contributed by atoms with Gasteiger partial charge in [-0.1, -0.05) is 18.2 Å². The van der Waals surface area contributed by atoms with E-state index < -0.39 is 17.8 Å². The summed E-state index contributed by atoms with van der Waals surface area (Å²) in [5.74, 6) is -2.30. The van der Waals surface area contributed by atoms with E-state index in [1.807, 2.05) is 0 Å². The maximum absolute atomic E-state index is 11.5. The molecule has 0 fully saturated rings. The zero-order valence-electron chi connectivity index (χ0n) is 12.4. The Morgan fingerprint density at radius 3 is 2.27 bits per heavy atom. The predicted molar refractivity (Wildman–Crippen MR) is 81.5 cm³/mol. The molecule has 0 aliphatic carbocycles. The Balaban J connectivity index is 2.90. The average molecular weight is 304 g/mol. The van der Waals surface area contributed by atoms with E-state index in [0.29, 0.717) is 31.0 Å². The van der Waals surface area contributed by atoms with Crippen LogP contribution in [0.4, 0.5) is 0 Å². The van der Waals surface area contributed by atoms with E-state index in [0.717, 1.165) is 5.56 Å². The van der Waals surface area contributed by atoms with Gasteiger partial charge in [0, 0.05) is 12.3 Å². The summed E-state index contributed by atoms with van der Waals surface area (Å²) in [5, 5.41) is 18.7. The summed E-state index contributed by atoms with van der Waals surface area (Å²) in [6.07, 6.45) is 3.62. The van der Waals surface area contributed by atoms with Crippen molar-refractivity contribution in [1.29, 1.82) is 0 Å². The molecule has 5 nitrogen and oxygen atoms in total. The highest BCUT2D eigenvalue weighted by Crippen LogP contribution is 2.27. The summed E-state index contributed by atoms with van der Waals surface area (Å²) in [5.41, 5.74) is 1.23. The lowest BCUT2D eigenvalue weighted by molar-refractivity contribution is -0.143. The highest BCUT2D eigenvalue weighted by molar-refractivity contribution is 5.79. The first-order valence-corrected chi connectivity index (χ1v) is 7.09. The van der Waals surface area contributed by atoms with E-state index in [1.54, 1.807) is 25.1 Å². The summed E-state index contributed by atoms with van der Waals surface area (Å²) >= 11 is 0. The number of carboxylic acid groups (broad SMARTS) is 1. The molecule has 2 N–H and O–H groups in total. The quantitative estimate of drug-likeness (QED) is 0.540. The van der Waals surface area contributed by atoms with E-state index in [2.05, 4.69) is 0 Å². The number of hydrogen-bond acceptors (Lipinski definition) is 4. The number of rotatable bonds is 9. The molecule has 0 aliphatic heterocycles. The van der Waals surface area contributed by atoms with Gasteiger partial charge in [-0.2, -0.15) is 0 Å². The van der Waals surface area contributed by atoms with Crippen LogP contribution in [0.1, 0.15) is 25.3 Å². The van der Waals surface area contributed by atoms with Gasteiger partial charge in [0.2, 0.25) is 0 Å². The van der Waals surface area contributed by atoms with Crippen LogP contribution in [0.3, 0.4) is 0 Å². The Hall–Kier alpha value is -2.43. The van der Waals surface area contributed by atoms with Crippen LogP contribution < -0.4 is 0 Å². The normalized spacial score (nSPS) is 14.1. The molecule has 0 heterocycles. The van der Waals surface area contributed by atoms with Crippen molar-refractivity contribution in [3.05, 3.63) is 41.5 Å². The summed E-state index contributed by atoms with van der Waals surface area (Å²) < 4.78 is 0. The molecule has 0 bridgehead atoms. The number of carbonyl (C=O) groups is 3. The Morgan fingerprint density at radius 2 is 1.82 bits per heavy atom. The van der Waals surface area contributed by atoms with Crippen LogP contribution in [0.15, 0.2) is 35.9 Å². The van der Waals surface area contributed by atoms with Crippen molar-refractivity contribution in [2.45, 2.75) is 26.2 Å². The number of aryl methyl sites for hydroxylation is 1. The van der Waals surface area contributed by atoms with Crippen molar-refractivity contribution in [2.75, 3.05) is 0 Å². The van der Waals surface area contributed by atoms with Gasteiger partial charge in [-0.25, -0.2) is 0 Å². The predicted octanol–water partition coefficient (Wildman–Crippen LogP) is 2.38. The zero-order chi connectivity index (χ0) is 16.5. The molecule has 2 atom stereocenters. The van der Waals surface area contributed by atoms with E-state index >= 15 is 0 Å². The number of phenolic OH excluding ortho intramolecular Hbond substituents is 1. The molecular formula is C17H20O5. The number of phenols is 1. The fraction of sp³-hybridized carbons (Fsp3) is 0.353. The topological polar surface area (TPSA) is 91.7 Å². The largest absolute Gasteiger partial charge is 0.508 e. The highest BCUT2D eigenvalue weighted by Gasteiger charge is 2.30. The second-order valence-corrected chi connectivity index (χ2v) is 5.07. The van der Waals surface area contributed by atoms with Gasteiger partial charge in [-0.05, 0) is 43.0 Å². The van der Waals surface area contributed by atoms with Gasteiger partial charge >= 0.3 is 5.97 Å². The summed E-state index contributed by atoms with van der Waals surface area (Å²) in [6, 6.07) is 6.52. The van der Waals surface area contributed by atoms with Gasteiger partial charge in [-0.3, -0.25) is 9.59 Å². The molecule has 0 saturated heterocycles. The smallest absolute Gasteiger partial charge is 0.307 e. The molecule has 0 amide bonds. The van der Waals surface area contributed by atoms with Crippen molar-refractivity contribution in [3.63, 3.8) is 0 Å². The molecule has 22 heavy (non-hydrogen) atoms. The molecule has 1 rings (SSSR count). The van der Waals surface area contributed by atoms with E-state index in [9.17, 15) is 24.6 Å². The van der Waals surface area contributed by atoms with Crippen LogP contribution in [0.25, 0.3) is 0 Å². The van der Waals surface area contributed by atoms with E-state index in [-0.39, 0.29) is 12.2 Å². The third-order valence-corrected chi connectivity index (χ3v) is 3.73. The van der Waals surface area contributed by atoms with Gasteiger partial charge in [0.1, 0.15) is 18.3 Å². The van der Waals surface area contributed by atoms with Crippen molar-refractivity contribution >= 4 is 18.5 Å². The number of benzene rings is 1. The molecule has 0 aliphatic rings. The van der Waals surface area contributed by atoms with Crippen molar-refractivity contribution in [2.24, 2.45) is 11.8 Å². The summed E-state index contributed by atoms with van der Waals surface area (Å²) in [7, 11) is 0. The standard InChI is InChI=1S/C17H20O5/c1-2-13(11-19)15(9-10-18)16(17(21)22)8-5-12-3-6-14(20)7-4-12/h2-4,6-7,10-11,15-16,20H,5,8-9H2,1H3,(H,21,22). The number of hydrogen-bond donors (Lipinski definition) is 2. The summed E-state index contributed by atoms with van der Waals surface area (Å²) in [6.45, 7) is 1.65. The van der Waals surface area contributed by atoms with Crippen LogP contribution in [-0.4, -0.2) is 28.8 Å². The fourth-order valence-electron chi connectivity index (χ4n) is 2.49. The van der Waals surface area contributed by atoms with Crippen LogP contribution in [0.2, 0.25) is 0 Å². The molecule has 5 heteroatoms. The third kappa shape index (κ3) is 4.84. The number of aromatic hydroxyl groups is 1. The third-order valence-electron chi connectivity index (χ3n) is 3.73. The monoisotopic (exact) mass is 304 g/mol. The molecule has 1 aromatic rings. The first-order chi connectivity index (χ1) is 10.5. The minimum absolute atomic E-state index is 0.00492. The number of aliphatic carboxylic acids is 1. The maximum atomic E-state index is 11.5. The number of allylic oxidation sites excluding steroid dienone is 2. The van der Waals surface area contributed by atoms with Crippen LogP contribution >= 0.6 is 0 Å². The SMILES string of the molecule is CC=C(C=O)C(CC=O)C(CCc1ccc(O)cc1)C(=O)O. The number of carbonyl (C=O) groups excluding carboxylic acids is 2. The molecule has 2 unspecified atom stereocenters. The highest BCUT2D eigenvalue weighted by atomic mass is 16.4. The lowest BCUT2D eigenvalue weighted by Crippen LogP contribution is -2.27. The number of aldehydes is 2. The second-order valence-electron chi connectivity index (χ2n) is 5.07. The van der Waals surface area contributed by atoms with Crippen LogP contribution in [-0.2, 0) is 20.8 Å². The molecule has 0 spiro atoms. The average Bonchev–Trinajstić information content (AvgIpc) is 2.50. The first-order valence-electron chi connectivity index (χ1n) is 7.09. The van der Waals surface area contributed by atoms with Gasteiger partial charge in [-0.15, -0.1) is 0 Å². The Labute approximate surface area is 129 Å². The molecule has 1 aromatic carbocycles. The zero-order valence-corrected chi connectivity index (χ0v) is 12.4. The Morgan fingerprint density at radius 1 is 1.18 bits per heavy atom. The van der Waals surface area contributed by atoms with E-state index in [4.69, 9.17) is 0 Å². The van der Waals surface area contributed by atoms with Crippen molar-refractivity contribution in [1.82, 2.24) is 0 Å². The Kier molecular flexibility index (Phi) is 7.02. The minimum Gasteiger partial charge on any atom is -0.508 e. The molecule has 0 radical (unpaired) electrons. The number of carboxylic acids is 1. The van der Waals surface area contributed by atoms with Gasteiger partial charge in [0.05, 0.1) is 5.92 Å². The molecule has 118 valence electrons. The van der Waals surface area contributed by atoms with Crippen LogP contribution in [0.5, 0.6) is 5.75 Å². The lowest BCUT2D eigenvalue weighted by atomic mass is 9.80. The lowest BCUT2D eigenvalue weighted by Gasteiger charge is -2.22.